The van der Waals surface area contributed by atoms with Crippen LogP contribution in [-0.4, -0.2) is 50.9 Å². The number of carbonyl (C=O) groups is 1. The zero-order valence-corrected chi connectivity index (χ0v) is 22.1. The minimum absolute atomic E-state index is 0.127. The Kier molecular flexibility index (Phi) is 6.97. The van der Waals surface area contributed by atoms with Crippen LogP contribution in [0, 0.1) is 5.92 Å². The van der Waals surface area contributed by atoms with Crippen molar-refractivity contribution in [1.82, 2.24) is 15.0 Å². The van der Waals surface area contributed by atoms with Crippen LogP contribution in [0.25, 0.3) is 32.5 Å². The summed E-state index contributed by atoms with van der Waals surface area (Å²) < 4.78 is 47.9. The third kappa shape index (κ3) is 5.04. The van der Waals surface area contributed by atoms with Gasteiger partial charge in [-0.1, -0.05) is 53.7 Å². The second-order valence-electron chi connectivity index (χ2n) is 10.3. The lowest BCUT2D eigenvalue weighted by molar-refractivity contribution is -0.143. The maximum absolute atomic E-state index is 14.2. The largest absolute Gasteiger partial charge is 0.481 e. The van der Waals surface area contributed by atoms with Gasteiger partial charge < -0.3 is 14.7 Å². The molecule has 1 fully saturated rings. The van der Waals surface area contributed by atoms with E-state index in [0.717, 1.165) is 45.9 Å². The fourth-order valence-electron chi connectivity index (χ4n) is 5.60. The predicted octanol–water partition coefficient (Wildman–Crippen LogP) is 6.08. The molecule has 11 heteroatoms. The molecule has 2 aliphatic rings. The molecule has 0 radical (unpaired) electrons. The first-order chi connectivity index (χ1) is 19.2. The van der Waals surface area contributed by atoms with Crippen molar-refractivity contribution in [3.8, 4) is 32.5 Å². The number of hydrogen-bond acceptors (Lipinski definition) is 7. The molecule has 2 aromatic carbocycles. The second kappa shape index (κ2) is 10.5. The SMILES string of the molecule is O=C(O)C1CCCN(CC(O)c2ccc3c(c2)CCc2nc(-c4onc(-c5ccccc5)c4C(F)(F)F)sc2-3)C1. The highest BCUT2D eigenvalue weighted by Gasteiger charge is 2.42. The van der Waals surface area contributed by atoms with Crippen molar-refractivity contribution in [3.05, 3.63) is 70.9 Å². The number of β-amino-alcohol motifs (C(OH)–C–C–N with tert-alkyl or cyclic N) is 1. The van der Waals surface area contributed by atoms with Crippen molar-refractivity contribution >= 4 is 17.3 Å². The lowest BCUT2D eigenvalue weighted by Gasteiger charge is -2.32. The molecule has 0 amide bonds. The van der Waals surface area contributed by atoms with E-state index in [1.54, 1.807) is 30.3 Å². The molecule has 4 aromatic rings. The molecule has 1 saturated heterocycles. The number of aryl methyl sites for hydroxylation is 2. The standard InChI is InChI=1S/C29H26F3N3O4S/c30-29(31,32)23-24(16-5-2-1-3-6-16)34-39-25(23)27-33-21-11-9-17-13-18(8-10-20(17)26(21)40-27)22(36)15-35-12-4-7-19(14-35)28(37)38/h1-3,5-6,8,10,13,19,22,36H,4,7,9,11-12,14-15H2,(H,37,38). The summed E-state index contributed by atoms with van der Waals surface area (Å²) in [7, 11) is 0. The Morgan fingerprint density at radius 3 is 2.73 bits per heavy atom. The molecule has 1 aliphatic heterocycles. The molecule has 2 unspecified atom stereocenters. The molecule has 3 heterocycles. The molecule has 40 heavy (non-hydrogen) atoms. The molecule has 0 saturated carbocycles. The van der Waals surface area contributed by atoms with Crippen molar-refractivity contribution < 1.29 is 32.7 Å². The minimum atomic E-state index is -4.69. The van der Waals surface area contributed by atoms with Gasteiger partial charge in [-0.2, -0.15) is 13.2 Å². The van der Waals surface area contributed by atoms with E-state index in [-0.39, 0.29) is 16.5 Å². The molecule has 208 valence electrons. The average Bonchev–Trinajstić information content (AvgIpc) is 3.58. The number of aliphatic carboxylic acids is 1. The van der Waals surface area contributed by atoms with Gasteiger partial charge in [-0.05, 0) is 48.9 Å². The lowest BCUT2D eigenvalue weighted by Crippen LogP contribution is -2.40. The number of carboxylic acid groups (broad SMARTS) is 1. The van der Waals surface area contributed by atoms with Gasteiger partial charge in [-0.25, -0.2) is 4.98 Å². The number of carboxylic acids is 1. The van der Waals surface area contributed by atoms with Crippen molar-refractivity contribution in [2.24, 2.45) is 5.92 Å². The van der Waals surface area contributed by atoms with Gasteiger partial charge in [0.25, 0.3) is 0 Å². The maximum Gasteiger partial charge on any atom is 0.422 e. The molecular formula is C29H26F3N3O4S. The van der Waals surface area contributed by atoms with Crippen molar-refractivity contribution in [2.45, 2.75) is 38.0 Å². The number of piperidine rings is 1. The second-order valence-corrected chi connectivity index (χ2v) is 11.3. The summed E-state index contributed by atoms with van der Waals surface area (Å²) in [5.41, 5.74) is 2.41. The van der Waals surface area contributed by atoms with Crippen LogP contribution in [0.5, 0.6) is 0 Å². The first-order valence-electron chi connectivity index (χ1n) is 13.1. The smallest absolute Gasteiger partial charge is 0.422 e. The van der Waals surface area contributed by atoms with E-state index < -0.39 is 29.7 Å². The Morgan fingerprint density at radius 1 is 1.18 bits per heavy atom. The number of nitrogens with zero attached hydrogens (tertiary/aromatic N) is 3. The molecule has 2 N–H and O–H groups in total. The van der Waals surface area contributed by atoms with Crippen molar-refractivity contribution in [2.75, 3.05) is 19.6 Å². The van der Waals surface area contributed by atoms with E-state index >= 15 is 0 Å². The van der Waals surface area contributed by atoms with Gasteiger partial charge in [0.1, 0.15) is 11.3 Å². The molecule has 2 aromatic heterocycles. The number of halogens is 3. The molecule has 7 nitrogen and oxygen atoms in total. The first-order valence-corrected chi connectivity index (χ1v) is 13.9. The van der Waals surface area contributed by atoms with Crippen LogP contribution in [-0.2, 0) is 23.8 Å². The Hall–Kier alpha value is -3.54. The lowest BCUT2D eigenvalue weighted by atomic mass is 9.91. The number of benzene rings is 2. The van der Waals surface area contributed by atoms with E-state index in [9.17, 15) is 28.2 Å². The number of aromatic nitrogens is 2. The van der Waals surface area contributed by atoms with Crippen LogP contribution in [0.4, 0.5) is 13.2 Å². The van der Waals surface area contributed by atoms with E-state index in [2.05, 4.69) is 10.1 Å². The van der Waals surface area contributed by atoms with Crippen LogP contribution in [0.2, 0.25) is 0 Å². The summed E-state index contributed by atoms with van der Waals surface area (Å²) in [4.78, 5) is 18.7. The van der Waals surface area contributed by atoms with Crippen molar-refractivity contribution in [1.29, 1.82) is 0 Å². The molecule has 2 atom stereocenters. The van der Waals surface area contributed by atoms with Crippen LogP contribution in [0.3, 0.4) is 0 Å². The number of aliphatic hydroxyl groups excluding tert-OH is 1. The van der Waals surface area contributed by atoms with Gasteiger partial charge in [0.2, 0.25) is 5.76 Å². The summed E-state index contributed by atoms with van der Waals surface area (Å²) in [5.74, 6) is -1.62. The molecule has 0 bridgehead atoms. The number of thiazole rings is 1. The van der Waals surface area contributed by atoms with Crippen LogP contribution < -0.4 is 0 Å². The highest BCUT2D eigenvalue weighted by Crippen LogP contribution is 2.47. The zero-order valence-electron chi connectivity index (χ0n) is 21.3. The third-order valence-electron chi connectivity index (χ3n) is 7.59. The summed E-state index contributed by atoms with van der Waals surface area (Å²) >= 11 is 1.14. The Morgan fingerprint density at radius 2 is 1.98 bits per heavy atom. The van der Waals surface area contributed by atoms with Gasteiger partial charge in [0, 0.05) is 18.7 Å². The summed E-state index contributed by atoms with van der Waals surface area (Å²) in [5, 5.41) is 24.2. The van der Waals surface area contributed by atoms with Crippen LogP contribution >= 0.6 is 11.3 Å². The van der Waals surface area contributed by atoms with Gasteiger partial charge in [-0.15, -0.1) is 11.3 Å². The summed E-state index contributed by atoms with van der Waals surface area (Å²) in [6, 6.07) is 13.8. The monoisotopic (exact) mass is 569 g/mol. The van der Waals surface area contributed by atoms with Gasteiger partial charge in [0.05, 0.1) is 22.6 Å². The average molecular weight is 570 g/mol. The topological polar surface area (TPSA) is 99.7 Å². The number of fused-ring (bicyclic) bond motifs is 3. The number of alkyl halides is 3. The summed E-state index contributed by atoms with van der Waals surface area (Å²) in [6.07, 6.45) is -2.87. The number of likely N-dealkylation sites (tertiary alicyclic amines) is 1. The zero-order chi connectivity index (χ0) is 28.0. The fourth-order valence-corrected chi connectivity index (χ4v) is 6.75. The summed E-state index contributed by atoms with van der Waals surface area (Å²) in [6.45, 7) is 1.50. The van der Waals surface area contributed by atoms with Gasteiger partial charge in [-0.3, -0.25) is 9.69 Å². The minimum Gasteiger partial charge on any atom is -0.481 e. The highest BCUT2D eigenvalue weighted by atomic mass is 32.1. The molecular weight excluding hydrogens is 543 g/mol. The first kappa shape index (κ1) is 26.7. The fraction of sp³-hybridized carbons (Fsp3) is 0.345. The maximum atomic E-state index is 14.2. The van der Waals surface area contributed by atoms with E-state index in [1.807, 2.05) is 23.1 Å². The van der Waals surface area contributed by atoms with Crippen molar-refractivity contribution in [3.63, 3.8) is 0 Å². The molecule has 0 spiro atoms. The third-order valence-corrected chi connectivity index (χ3v) is 8.72. The number of hydrogen-bond donors (Lipinski definition) is 2. The van der Waals surface area contributed by atoms with E-state index in [1.165, 1.54) is 0 Å². The Bertz CT molecular complexity index is 1550. The van der Waals surface area contributed by atoms with E-state index in [4.69, 9.17) is 4.52 Å². The molecule has 6 rings (SSSR count). The molecule has 1 aliphatic carbocycles. The Balaban J connectivity index is 1.28. The Labute approximate surface area is 231 Å². The van der Waals surface area contributed by atoms with Gasteiger partial charge in [0.15, 0.2) is 5.01 Å². The number of aliphatic hydroxyl groups is 1. The highest BCUT2D eigenvalue weighted by molar-refractivity contribution is 7.18. The van der Waals surface area contributed by atoms with Crippen LogP contribution in [0.1, 0.15) is 41.3 Å². The quantitative estimate of drug-likeness (QED) is 0.290. The number of rotatable bonds is 6. The van der Waals surface area contributed by atoms with Gasteiger partial charge >= 0.3 is 12.1 Å². The normalized spacial score (nSPS) is 18.2. The predicted molar refractivity (Wildman–Crippen MR) is 143 cm³/mol. The van der Waals surface area contributed by atoms with E-state index in [0.29, 0.717) is 43.6 Å². The van der Waals surface area contributed by atoms with Crippen LogP contribution in [0.15, 0.2) is 53.1 Å².